The summed E-state index contributed by atoms with van der Waals surface area (Å²) in [6.07, 6.45) is 2.43. The number of carboxylic acids is 1. The molecule has 0 saturated carbocycles. The van der Waals surface area contributed by atoms with Gasteiger partial charge in [-0.05, 0) is 30.2 Å². The second-order valence-corrected chi connectivity index (χ2v) is 4.41. The number of allylic oxidation sites excluding steroid dienone is 1. The van der Waals surface area contributed by atoms with Gasteiger partial charge >= 0.3 is 5.97 Å². The first-order valence-corrected chi connectivity index (χ1v) is 6.53. The lowest BCUT2D eigenvalue weighted by molar-refractivity contribution is 0.0697. The number of benzene rings is 2. The minimum absolute atomic E-state index is 0.155. The highest BCUT2D eigenvalue weighted by Gasteiger charge is 2.04. The molecule has 0 radical (unpaired) electrons. The maximum Gasteiger partial charge on any atom is 0.337 e. The standard InChI is InChI=1S/C10H11NO.C7H7NO2/c1-2-5-8-6-3-4-7-9(8)10(11)12;8-6-4-2-1-3-5(6)7(9)10/h2-4,6-7H,1,5H2,(H2,11,12);1-4H,8H2,(H,9,10). The van der Waals surface area contributed by atoms with Gasteiger partial charge in [0.05, 0.1) is 5.56 Å². The van der Waals surface area contributed by atoms with Gasteiger partial charge in [0, 0.05) is 11.3 Å². The van der Waals surface area contributed by atoms with Crippen LogP contribution in [-0.4, -0.2) is 17.0 Å². The maximum absolute atomic E-state index is 10.9. The van der Waals surface area contributed by atoms with Crippen LogP contribution in [0, 0.1) is 0 Å². The van der Waals surface area contributed by atoms with Gasteiger partial charge < -0.3 is 16.6 Å². The average molecular weight is 298 g/mol. The van der Waals surface area contributed by atoms with Crippen LogP contribution < -0.4 is 11.5 Å². The number of hydrogen-bond donors (Lipinski definition) is 3. The molecule has 0 fully saturated rings. The molecular formula is C17H18N2O3. The fourth-order valence-corrected chi connectivity index (χ4v) is 1.79. The third-order valence-electron chi connectivity index (χ3n) is 2.84. The molecule has 0 aliphatic carbocycles. The summed E-state index contributed by atoms with van der Waals surface area (Å²) < 4.78 is 0. The highest BCUT2D eigenvalue weighted by atomic mass is 16.4. The highest BCUT2D eigenvalue weighted by Crippen LogP contribution is 2.09. The Hall–Kier alpha value is -3.08. The Kier molecular flexibility index (Phi) is 6.37. The molecule has 0 heterocycles. The van der Waals surface area contributed by atoms with Crippen LogP contribution >= 0.6 is 0 Å². The molecule has 0 atom stereocenters. The van der Waals surface area contributed by atoms with Crippen molar-refractivity contribution >= 4 is 17.6 Å². The fraction of sp³-hybridized carbons (Fsp3) is 0.0588. The second-order valence-electron chi connectivity index (χ2n) is 4.41. The van der Waals surface area contributed by atoms with E-state index in [0.29, 0.717) is 17.7 Å². The van der Waals surface area contributed by atoms with Crippen LogP contribution in [-0.2, 0) is 6.42 Å². The summed E-state index contributed by atoms with van der Waals surface area (Å²) in [5.74, 6) is -1.37. The van der Waals surface area contributed by atoms with Crippen molar-refractivity contribution in [3.05, 3.63) is 77.9 Å². The largest absolute Gasteiger partial charge is 0.478 e. The molecule has 0 aromatic heterocycles. The van der Waals surface area contributed by atoms with Crippen LogP contribution in [0.4, 0.5) is 5.69 Å². The quantitative estimate of drug-likeness (QED) is 0.595. The summed E-state index contributed by atoms with van der Waals surface area (Å²) in [5.41, 5.74) is 12.5. The van der Waals surface area contributed by atoms with E-state index in [1.807, 2.05) is 12.1 Å². The van der Waals surface area contributed by atoms with E-state index < -0.39 is 5.97 Å². The zero-order valence-electron chi connectivity index (χ0n) is 12.0. The van der Waals surface area contributed by atoms with E-state index >= 15 is 0 Å². The zero-order valence-corrected chi connectivity index (χ0v) is 12.0. The Morgan fingerprint density at radius 2 is 1.59 bits per heavy atom. The summed E-state index contributed by atoms with van der Waals surface area (Å²) in [6.45, 7) is 3.60. The van der Waals surface area contributed by atoms with Crippen molar-refractivity contribution in [1.29, 1.82) is 0 Å². The number of carboxylic acid groups (broad SMARTS) is 1. The molecule has 0 spiro atoms. The zero-order chi connectivity index (χ0) is 16.5. The molecule has 114 valence electrons. The molecule has 0 aliphatic heterocycles. The summed E-state index contributed by atoms with van der Waals surface area (Å²) in [5, 5.41) is 8.49. The molecule has 2 aromatic rings. The van der Waals surface area contributed by atoms with E-state index in [0.717, 1.165) is 5.56 Å². The smallest absolute Gasteiger partial charge is 0.337 e. The van der Waals surface area contributed by atoms with E-state index in [2.05, 4.69) is 6.58 Å². The summed E-state index contributed by atoms with van der Waals surface area (Å²) >= 11 is 0. The Bertz CT molecular complexity index is 681. The molecule has 0 saturated heterocycles. The normalized spacial score (nSPS) is 9.27. The van der Waals surface area contributed by atoms with Gasteiger partial charge in [-0.2, -0.15) is 0 Å². The first-order chi connectivity index (χ1) is 10.5. The molecule has 0 bridgehead atoms. The van der Waals surface area contributed by atoms with Crippen molar-refractivity contribution in [1.82, 2.24) is 0 Å². The van der Waals surface area contributed by atoms with Crippen molar-refractivity contribution < 1.29 is 14.7 Å². The van der Waals surface area contributed by atoms with Gasteiger partial charge in [0.1, 0.15) is 0 Å². The summed E-state index contributed by atoms with van der Waals surface area (Å²) in [4.78, 5) is 21.2. The number of anilines is 1. The van der Waals surface area contributed by atoms with Gasteiger partial charge in [-0.25, -0.2) is 4.79 Å². The summed E-state index contributed by atoms with van der Waals surface area (Å²) in [6, 6.07) is 13.6. The lowest BCUT2D eigenvalue weighted by atomic mass is 10.0. The number of hydrogen-bond acceptors (Lipinski definition) is 3. The number of carbonyl (C=O) groups excluding carboxylic acids is 1. The Morgan fingerprint density at radius 1 is 1.05 bits per heavy atom. The number of carbonyl (C=O) groups is 2. The monoisotopic (exact) mass is 298 g/mol. The fourth-order valence-electron chi connectivity index (χ4n) is 1.79. The van der Waals surface area contributed by atoms with Crippen LogP contribution in [0.5, 0.6) is 0 Å². The predicted molar refractivity (Wildman–Crippen MR) is 86.7 cm³/mol. The van der Waals surface area contributed by atoms with Crippen molar-refractivity contribution in [2.45, 2.75) is 6.42 Å². The maximum atomic E-state index is 10.9. The molecule has 5 heteroatoms. The molecule has 5 N–H and O–H groups in total. The minimum Gasteiger partial charge on any atom is -0.478 e. The molecule has 1 amide bonds. The van der Waals surface area contributed by atoms with E-state index in [9.17, 15) is 9.59 Å². The molecule has 22 heavy (non-hydrogen) atoms. The number of para-hydroxylation sites is 1. The minimum atomic E-state index is -0.988. The van der Waals surface area contributed by atoms with Crippen LogP contribution in [0.2, 0.25) is 0 Å². The summed E-state index contributed by atoms with van der Waals surface area (Å²) in [7, 11) is 0. The number of nitrogens with two attached hydrogens (primary N) is 2. The van der Waals surface area contributed by atoms with Crippen LogP contribution in [0.1, 0.15) is 26.3 Å². The van der Waals surface area contributed by atoms with E-state index in [-0.39, 0.29) is 11.5 Å². The van der Waals surface area contributed by atoms with Crippen LogP contribution in [0.15, 0.2) is 61.2 Å². The first kappa shape index (κ1) is 17.0. The SMILES string of the molecule is C=CCc1ccccc1C(N)=O.Nc1ccccc1C(=O)O. The lowest BCUT2D eigenvalue weighted by Crippen LogP contribution is -2.13. The second kappa shape index (κ2) is 8.26. The number of rotatable bonds is 4. The third kappa shape index (κ3) is 4.79. The number of amides is 1. The van der Waals surface area contributed by atoms with Crippen molar-refractivity contribution in [3.8, 4) is 0 Å². The van der Waals surface area contributed by atoms with E-state index in [4.69, 9.17) is 16.6 Å². The first-order valence-electron chi connectivity index (χ1n) is 6.53. The Balaban J connectivity index is 0.000000224. The van der Waals surface area contributed by atoms with Gasteiger partial charge in [-0.3, -0.25) is 4.79 Å². The molecule has 2 rings (SSSR count). The van der Waals surface area contributed by atoms with Gasteiger partial charge in [0.25, 0.3) is 0 Å². The number of aromatic carboxylic acids is 1. The molecule has 5 nitrogen and oxygen atoms in total. The predicted octanol–water partition coefficient (Wildman–Crippen LogP) is 2.48. The van der Waals surface area contributed by atoms with Gasteiger partial charge in [-0.1, -0.05) is 36.4 Å². The van der Waals surface area contributed by atoms with Crippen LogP contribution in [0.25, 0.3) is 0 Å². The third-order valence-corrected chi connectivity index (χ3v) is 2.84. The van der Waals surface area contributed by atoms with Crippen molar-refractivity contribution in [2.75, 3.05) is 5.73 Å². The molecule has 0 aliphatic rings. The number of nitrogen functional groups attached to an aromatic ring is 1. The topological polar surface area (TPSA) is 106 Å². The lowest BCUT2D eigenvalue weighted by Gasteiger charge is -2.01. The van der Waals surface area contributed by atoms with Crippen molar-refractivity contribution in [2.24, 2.45) is 5.73 Å². The van der Waals surface area contributed by atoms with E-state index in [1.165, 1.54) is 6.07 Å². The van der Waals surface area contributed by atoms with Crippen LogP contribution in [0.3, 0.4) is 0 Å². The molecule has 0 unspecified atom stereocenters. The van der Waals surface area contributed by atoms with Crippen molar-refractivity contribution in [3.63, 3.8) is 0 Å². The van der Waals surface area contributed by atoms with E-state index in [1.54, 1.807) is 36.4 Å². The van der Waals surface area contributed by atoms with Gasteiger partial charge in [0.15, 0.2) is 0 Å². The highest BCUT2D eigenvalue weighted by molar-refractivity contribution is 5.94. The average Bonchev–Trinajstić information content (AvgIpc) is 2.49. The van der Waals surface area contributed by atoms with Gasteiger partial charge in [0.2, 0.25) is 5.91 Å². The Labute approximate surface area is 128 Å². The number of primary amides is 1. The molecular weight excluding hydrogens is 280 g/mol. The molecule has 2 aromatic carbocycles. The van der Waals surface area contributed by atoms with Gasteiger partial charge in [-0.15, -0.1) is 6.58 Å². The Morgan fingerprint density at radius 3 is 2.05 bits per heavy atom.